The maximum atomic E-state index is 11.9. The number of hydroxylamine groups is 3. The number of aromatic nitrogens is 1. The topological polar surface area (TPSA) is 164 Å². The summed E-state index contributed by atoms with van der Waals surface area (Å²) in [5.41, 5.74) is 6.17. The SMILES string of the molecule is CC[C@H]1C[N@@+]2(O)CCc3cc(OC)c(OC)cc3[C@@H]2C[C@@H]1C[C@H]1NCCc2c1[nH]c1ccc(O)cc21.O=C(O)C(F)(F)F.O=C([O-])C(F)(F)F. The fourth-order valence-corrected chi connectivity index (χ4v) is 7.32. The van der Waals surface area contributed by atoms with Gasteiger partial charge < -0.3 is 39.9 Å². The molecule has 4 heterocycles. The van der Waals surface area contributed by atoms with Crippen LogP contribution in [0.25, 0.3) is 10.9 Å². The van der Waals surface area contributed by atoms with Crippen LogP contribution in [0.5, 0.6) is 17.2 Å². The van der Waals surface area contributed by atoms with E-state index in [2.05, 4.69) is 29.4 Å². The van der Waals surface area contributed by atoms with Crippen molar-refractivity contribution in [2.24, 2.45) is 11.8 Å². The second-order valence-corrected chi connectivity index (χ2v) is 12.6. The van der Waals surface area contributed by atoms with Gasteiger partial charge in [-0.3, -0.25) is 0 Å². The molecule has 0 unspecified atom stereocenters. The minimum atomic E-state index is -5.19. The number of nitrogens with one attached hydrogen (secondary N) is 2. The van der Waals surface area contributed by atoms with E-state index in [4.69, 9.17) is 29.3 Å². The number of phenolic OH excluding ortho intramolecular Hbond substituents is 1. The number of methoxy groups -OCH3 is 2. The van der Waals surface area contributed by atoms with Crippen molar-refractivity contribution in [3.63, 3.8) is 0 Å². The predicted octanol–water partition coefficient (Wildman–Crippen LogP) is 4.95. The van der Waals surface area contributed by atoms with Crippen LogP contribution >= 0.6 is 0 Å². The molecule has 50 heavy (non-hydrogen) atoms. The number of nitrogens with zero attached hydrogens (tertiary/aromatic N) is 1. The molecule has 0 aliphatic carbocycles. The molecule has 1 aromatic heterocycles. The molecule has 276 valence electrons. The number of benzene rings is 2. The van der Waals surface area contributed by atoms with Gasteiger partial charge in [0.25, 0.3) is 0 Å². The van der Waals surface area contributed by atoms with E-state index in [9.17, 15) is 36.7 Å². The lowest BCUT2D eigenvalue weighted by Crippen LogP contribution is -2.58. The highest BCUT2D eigenvalue weighted by Gasteiger charge is 2.51. The largest absolute Gasteiger partial charge is 0.542 e. The van der Waals surface area contributed by atoms with Crippen LogP contribution in [0.2, 0.25) is 0 Å². The first kappa shape index (κ1) is 38.6. The van der Waals surface area contributed by atoms with Crippen LogP contribution in [-0.2, 0) is 22.4 Å². The number of H-pyrrole nitrogens is 1. The molecule has 2 aromatic carbocycles. The van der Waals surface area contributed by atoms with Crippen molar-refractivity contribution >= 4 is 22.8 Å². The van der Waals surface area contributed by atoms with Crippen LogP contribution in [0.1, 0.15) is 60.7 Å². The zero-order valence-electron chi connectivity index (χ0n) is 27.5. The number of halogens is 6. The number of carboxylic acids is 2. The lowest BCUT2D eigenvalue weighted by Gasteiger charge is -2.50. The number of hydrogen-bond donors (Lipinski definition) is 5. The van der Waals surface area contributed by atoms with Gasteiger partial charge in [0.05, 0.1) is 14.2 Å². The summed E-state index contributed by atoms with van der Waals surface area (Å²) in [6.07, 6.45) is -5.42. The highest BCUT2D eigenvalue weighted by molar-refractivity contribution is 5.86. The summed E-state index contributed by atoms with van der Waals surface area (Å²) in [5, 5.41) is 42.7. The number of carbonyl (C=O) groups is 2. The van der Waals surface area contributed by atoms with Crippen LogP contribution in [0, 0.1) is 11.8 Å². The van der Waals surface area contributed by atoms with Gasteiger partial charge in [0.1, 0.15) is 30.9 Å². The first-order chi connectivity index (χ1) is 23.3. The van der Waals surface area contributed by atoms with E-state index in [0.717, 1.165) is 74.1 Å². The number of aromatic hydroxyl groups is 1. The molecule has 0 saturated carbocycles. The van der Waals surface area contributed by atoms with Gasteiger partial charge in [-0.05, 0) is 73.2 Å². The standard InChI is InChI=1S/C29H37N3O4.2C2HF3O2/c1-4-17-16-32(34)10-8-18-13-27(35-2)28(36-3)15-22(18)26(32)12-19(17)11-25-29-21(7-9-30-25)23-14-20(33)5-6-24(23)31-29;2*3-2(4,5)1(6)7/h5-6,13-15,17,19,25-26,30-31,34H,4,7-12,16H2,1-3H3;2*(H,6,7)/t17-,19-,25+,26-,32-;;/m0../s1. The van der Waals surface area contributed by atoms with E-state index in [1.807, 2.05) is 12.1 Å². The Balaban J connectivity index is 0.000000340. The molecule has 3 aliphatic rings. The van der Waals surface area contributed by atoms with Crippen LogP contribution in [-0.4, -0.2) is 83.2 Å². The van der Waals surface area contributed by atoms with Gasteiger partial charge in [0.2, 0.25) is 0 Å². The van der Waals surface area contributed by atoms with Crippen molar-refractivity contribution < 1.29 is 70.6 Å². The minimum absolute atomic E-state index is 0.0454. The summed E-state index contributed by atoms with van der Waals surface area (Å²) in [6, 6.07) is 10.1. The number of aliphatic carboxylic acids is 2. The maximum absolute atomic E-state index is 11.9. The average Bonchev–Trinajstić information content (AvgIpc) is 3.42. The van der Waals surface area contributed by atoms with Gasteiger partial charge in [-0.25, -0.2) is 10.0 Å². The van der Waals surface area contributed by atoms with Crippen LogP contribution in [0.4, 0.5) is 26.3 Å². The quantitative estimate of drug-likeness (QED) is 0.181. The zero-order valence-corrected chi connectivity index (χ0v) is 27.5. The number of phenols is 1. The monoisotopic (exact) mass is 719 g/mol. The number of ether oxygens (including phenoxy) is 2. The predicted molar refractivity (Wildman–Crippen MR) is 163 cm³/mol. The van der Waals surface area contributed by atoms with Crippen LogP contribution in [0.3, 0.4) is 0 Å². The number of hydrogen-bond acceptors (Lipinski definition) is 8. The molecule has 5 N–H and O–H groups in total. The molecule has 6 rings (SSSR count). The smallest absolute Gasteiger partial charge is 0.490 e. The van der Waals surface area contributed by atoms with Crippen molar-refractivity contribution in [2.45, 2.75) is 63.5 Å². The second kappa shape index (κ2) is 14.9. The number of quaternary nitrogens is 1. The number of carbonyl (C=O) groups excluding carboxylic acids is 1. The summed E-state index contributed by atoms with van der Waals surface area (Å²) in [6.45, 7) is 4.74. The Morgan fingerprint density at radius 3 is 2.18 bits per heavy atom. The number of fused-ring (bicyclic) bond motifs is 6. The highest BCUT2D eigenvalue weighted by atomic mass is 19.4. The Labute approximate surface area is 283 Å². The third-order valence-electron chi connectivity index (χ3n) is 9.67. The van der Waals surface area contributed by atoms with Gasteiger partial charge in [-0.15, -0.1) is 0 Å². The zero-order chi connectivity index (χ0) is 37.2. The van der Waals surface area contributed by atoms with E-state index in [1.165, 1.54) is 22.4 Å². The number of piperidine rings is 1. The first-order valence-electron chi connectivity index (χ1n) is 15.8. The summed E-state index contributed by atoms with van der Waals surface area (Å²) >= 11 is 0. The normalized spacial score (nSPS) is 24.3. The molecule has 3 aromatic rings. The molecule has 1 fully saturated rings. The molecule has 3 aliphatic heterocycles. The molecular weight excluding hydrogens is 680 g/mol. The number of aromatic amines is 1. The Hall–Kier alpha value is -4.22. The molecular formula is C33H39F6N3O8. The Morgan fingerprint density at radius 2 is 1.62 bits per heavy atom. The van der Waals surface area contributed by atoms with Gasteiger partial charge in [0.15, 0.2) is 11.5 Å². The molecule has 11 nitrogen and oxygen atoms in total. The molecule has 0 amide bonds. The van der Waals surface area contributed by atoms with Crippen molar-refractivity contribution in [1.82, 2.24) is 10.3 Å². The van der Waals surface area contributed by atoms with Crippen LogP contribution in [0.15, 0.2) is 30.3 Å². The van der Waals surface area contributed by atoms with E-state index < -0.39 is 24.3 Å². The van der Waals surface area contributed by atoms with Crippen molar-refractivity contribution in [2.75, 3.05) is 33.9 Å². The molecule has 17 heteroatoms. The Kier molecular flexibility index (Phi) is 11.5. The fraction of sp³-hybridized carbons (Fsp3) is 0.515. The third kappa shape index (κ3) is 8.38. The molecule has 5 atom stereocenters. The first-order valence-corrected chi connectivity index (χ1v) is 15.8. The van der Waals surface area contributed by atoms with E-state index in [0.29, 0.717) is 17.6 Å². The van der Waals surface area contributed by atoms with Gasteiger partial charge in [-0.1, -0.05) is 6.92 Å². The van der Waals surface area contributed by atoms with Crippen molar-refractivity contribution in [1.29, 1.82) is 0 Å². The maximum Gasteiger partial charge on any atom is 0.490 e. The van der Waals surface area contributed by atoms with Gasteiger partial charge in [0, 0.05) is 47.0 Å². The van der Waals surface area contributed by atoms with Crippen LogP contribution < -0.4 is 19.9 Å². The lowest BCUT2D eigenvalue weighted by molar-refractivity contribution is -1.13. The fourth-order valence-electron chi connectivity index (χ4n) is 7.32. The Bertz CT molecular complexity index is 1670. The summed E-state index contributed by atoms with van der Waals surface area (Å²) in [5.74, 6) is -3.00. The minimum Gasteiger partial charge on any atom is -0.542 e. The summed E-state index contributed by atoms with van der Waals surface area (Å²) in [7, 11) is 3.36. The van der Waals surface area contributed by atoms with Gasteiger partial charge >= 0.3 is 18.3 Å². The highest BCUT2D eigenvalue weighted by Crippen LogP contribution is 2.50. The van der Waals surface area contributed by atoms with Crippen molar-refractivity contribution in [3.05, 3.63) is 52.7 Å². The third-order valence-corrected chi connectivity index (χ3v) is 9.67. The number of carboxylic acid groups (broad SMARTS) is 2. The molecule has 0 spiro atoms. The number of alkyl halides is 6. The van der Waals surface area contributed by atoms with E-state index in [-0.39, 0.29) is 16.7 Å². The Morgan fingerprint density at radius 1 is 1.00 bits per heavy atom. The summed E-state index contributed by atoms with van der Waals surface area (Å²) in [4.78, 5) is 21.3. The molecule has 0 bridgehead atoms. The average molecular weight is 720 g/mol. The second-order valence-electron chi connectivity index (χ2n) is 12.6. The van der Waals surface area contributed by atoms with E-state index >= 15 is 0 Å². The lowest BCUT2D eigenvalue weighted by atomic mass is 9.72. The molecule has 0 radical (unpaired) electrons. The van der Waals surface area contributed by atoms with E-state index in [1.54, 1.807) is 20.3 Å². The number of rotatable bonds is 5. The summed E-state index contributed by atoms with van der Waals surface area (Å²) < 4.78 is 74.6. The van der Waals surface area contributed by atoms with Gasteiger partial charge in [-0.2, -0.15) is 31.0 Å². The molecule has 1 saturated heterocycles. The van der Waals surface area contributed by atoms with Crippen molar-refractivity contribution in [3.8, 4) is 17.2 Å².